The standard InChI is InChI=1S/C20H17N5O2S2/c1-11-4-6-15(7-5-11)23-18(27)20-25-24-17(29-20)10-28-19-14(9-21)8-16(13(3)26)12(2)22-19/h4-8H,10H2,1-3H3,(H,23,27). The highest BCUT2D eigenvalue weighted by Gasteiger charge is 2.16. The van der Waals surface area contributed by atoms with E-state index in [0.29, 0.717) is 38.3 Å². The lowest BCUT2D eigenvalue weighted by Gasteiger charge is -2.06. The summed E-state index contributed by atoms with van der Waals surface area (Å²) in [6.45, 7) is 5.16. The van der Waals surface area contributed by atoms with Crippen LogP contribution >= 0.6 is 23.1 Å². The van der Waals surface area contributed by atoms with E-state index in [1.807, 2.05) is 31.2 Å². The molecule has 3 rings (SSSR count). The molecule has 0 saturated carbocycles. The van der Waals surface area contributed by atoms with E-state index in [9.17, 15) is 14.9 Å². The summed E-state index contributed by atoms with van der Waals surface area (Å²) in [5, 5.41) is 21.6. The second-order valence-corrected chi connectivity index (χ2v) is 8.28. The van der Waals surface area contributed by atoms with Gasteiger partial charge in [-0.2, -0.15) is 5.26 Å². The van der Waals surface area contributed by atoms with Gasteiger partial charge in [0.25, 0.3) is 5.91 Å². The lowest BCUT2D eigenvalue weighted by molar-refractivity contribution is 0.101. The first-order valence-electron chi connectivity index (χ1n) is 8.63. The van der Waals surface area contributed by atoms with Gasteiger partial charge in [0.1, 0.15) is 16.1 Å². The number of amides is 1. The van der Waals surface area contributed by atoms with Crippen molar-refractivity contribution in [2.75, 3.05) is 5.32 Å². The van der Waals surface area contributed by atoms with Crippen LogP contribution in [-0.4, -0.2) is 26.9 Å². The number of nitriles is 1. The molecule has 1 N–H and O–H groups in total. The Balaban J connectivity index is 1.68. The third-order valence-electron chi connectivity index (χ3n) is 3.98. The Kier molecular flexibility index (Phi) is 6.36. The smallest absolute Gasteiger partial charge is 0.286 e. The molecule has 0 bridgehead atoms. The summed E-state index contributed by atoms with van der Waals surface area (Å²) in [5.41, 5.74) is 3.16. The van der Waals surface area contributed by atoms with Crippen LogP contribution < -0.4 is 5.32 Å². The van der Waals surface area contributed by atoms with Crippen molar-refractivity contribution in [1.29, 1.82) is 5.26 Å². The van der Waals surface area contributed by atoms with Gasteiger partial charge in [0.05, 0.1) is 11.3 Å². The molecule has 1 amide bonds. The number of aryl methyl sites for hydroxylation is 2. The predicted octanol–water partition coefficient (Wildman–Crippen LogP) is 4.17. The molecule has 9 heteroatoms. The number of aromatic nitrogens is 3. The number of pyridine rings is 1. The Bertz CT molecular complexity index is 1120. The molecule has 1 aromatic carbocycles. The predicted molar refractivity (Wildman–Crippen MR) is 112 cm³/mol. The molecule has 146 valence electrons. The number of anilines is 1. The van der Waals surface area contributed by atoms with Crippen molar-refractivity contribution in [3.8, 4) is 6.07 Å². The number of ketones is 1. The van der Waals surface area contributed by atoms with Crippen molar-refractivity contribution in [3.63, 3.8) is 0 Å². The first-order chi connectivity index (χ1) is 13.9. The third kappa shape index (κ3) is 5.04. The monoisotopic (exact) mass is 423 g/mol. The zero-order chi connectivity index (χ0) is 21.0. The largest absolute Gasteiger partial charge is 0.320 e. The molecule has 0 aliphatic heterocycles. The number of benzene rings is 1. The first-order valence-corrected chi connectivity index (χ1v) is 10.4. The number of carbonyl (C=O) groups is 2. The van der Waals surface area contributed by atoms with Crippen LogP contribution in [0.5, 0.6) is 0 Å². The van der Waals surface area contributed by atoms with Gasteiger partial charge in [0.15, 0.2) is 5.78 Å². The van der Waals surface area contributed by atoms with Crippen molar-refractivity contribution < 1.29 is 9.59 Å². The van der Waals surface area contributed by atoms with Gasteiger partial charge in [-0.1, -0.05) is 40.8 Å². The van der Waals surface area contributed by atoms with E-state index in [1.165, 1.54) is 30.0 Å². The molecule has 0 fully saturated rings. The number of nitrogens with zero attached hydrogens (tertiary/aromatic N) is 4. The van der Waals surface area contributed by atoms with Gasteiger partial charge in [-0.3, -0.25) is 9.59 Å². The summed E-state index contributed by atoms with van der Waals surface area (Å²) in [7, 11) is 0. The molecular weight excluding hydrogens is 406 g/mol. The third-order valence-corrected chi connectivity index (χ3v) is 6.09. The van der Waals surface area contributed by atoms with Gasteiger partial charge in [-0.25, -0.2) is 4.98 Å². The molecule has 0 aliphatic carbocycles. The number of nitrogens with one attached hydrogen (secondary N) is 1. The summed E-state index contributed by atoms with van der Waals surface area (Å²) in [6.07, 6.45) is 0. The van der Waals surface area contributed by atoms with Crippen LogP contribution in [0.1, 0.15) is 48.9 Å². The highest BCUT2D eigenvalue weighted by atomic mass is 32.2. The molecule has 0 unspecified atom stereocenters. The van der Waals surface area contributed by atoms with E-state index in [-0.39, 0.29) is 16.7 Å². The van der Waals surface area contributed by atoms with E-state index in [1.54, 1.807) is 13.0 Å². The van der Waals surface area contributed by atoms with Crippen molar-refractivity contribution in [2.24, 2.45) is 0 Å². The summed E-state index contributed by atoms with van der Waals surface area (Å²) in [4.78, 5) is 28.3. The van der Waals surface area contributed by atoms with Crippen LogP contribution in [0.2, 0.25) is 0 Å². The van der Waals surface area contributed by atoms with Gasteiger partial charge in [-0.05, 0) is 39.0 Å². The molecule has 0 radical (unpaired) electrons. The van der Waals surface area contributed by atoms with E-state index in [0.717, 1.165) is 5.56 Å². The Morgan fingerprint density at radius 2 is 1.93 bits per heavy atom. The first kappa shape index (κ1) is 20.6. The Morgan fingerprint density at radius 3 is 2.59 bits per heavy atom. The normalized spacial score (nSPS) is 10.4. The fraction of sp³-hybridized carbons (Fsp3) is 0.200. The zero-order valence-corrected chi connectivity index (χ0v) is 17.6. The van der Waals surface area contributed by atoms with Gasteiger partial charge in [-0.15, -0.1) is 10.2 Å². The van der Waals surface area contributed by atoms with Crippen LogP contribution in [0.25, 0.3) is 0 Å². The number of thioether (sulfide) groups is 1. The molecule has 0 atom stereocenters. The summed E-state index contributed by atoms with van der Waals surface area (Å²) >= 11 is 2.51. The van der Waals surface area contributed by atoms with Gasteiger partial charge in [0, 0.05) is 16.9 Å². The maximum Gasteiger partial charge on any atom is 0.286 e. The molecular formula is C20H17N5O2S2. The number of hydrogen-bond acceptors (Lipinski definition) is 8. The van der Waals surface area contributed by atoms with Gasteiger partial charge >= 0.3 is 0 Å². The summed E-state index contributed by atoms with van der Waals surface area (Å²) < 4.78 is 0. The minimum absolute atomic E-state index is 0.128. The van der Waals surface area contributed by atoms with Crippen molar-refractivity contribution >= 4 is 40.5 Å². The molecule has 0 aliphatic rings. The van der Waals surface area contributed by atoms with Crippen molar-refractivity contribution in [3.05, 3.63) is 62.7 Å². The molecule has 29 heavy (non-hydrogen) atoms. The average Bonchev–Trinajstić information content (AvgIpc) is 3.17. The Morgan fingerprint density at radius 1 is 1.21 bits per heavy atom. The van der Waals surface area contributed by atoms with E-state index in [2.05, 4.69) is 26.6 Å². The minimum Gasteiger partial charge on any atom is -0.320 e. The van der Waals surface area contributed by atoms with E-state index >= 15 is 0 Å². The fourth-order valence-electron chi connectivity index (χ4n) is 2.49. The maximum atomic E-state index is 12.3. The maximum absolute atomic E-state index is 12.3. The average molecular weight is 424 g/mol. The summed E-state index contributed by atoms with van der Waals surface area (Å²) in [5.74, 6) is -0.0350. The van der Waals surface area contributed by atoms with Gasteiger partial charge < -0.3 is 5.32 Å². The lowest BCUT2D eigenvalue weighted by Crippen LogP contribution is -2.11. The van der Waals surface area contributed by atoms with Gasteiger partial charge in [0.2, 0.25) is 5.01 Å². The fourth-order valence-corrected chi connectivity index (χ4v) is 4.21. The number of carbonyl (C=O) groups excluding carboxylic acids is 2. The minimum atomic E-state index is -0.319. The number of hydrogen-bond donors (Lipinski definition) is 1. The van der Waals surface area contributed by atoms with E-state index in [4.69, 9.17) is 0 Å². The molecule has 0 saturated heterocycles. The van der Waals surface area contributed by atoms with Crippen LogP contribution in [0, 0.1) is 25.2 Å². The molecule has 2 aromatic heterocycles. The lowest BCUT2D eigenvalue weighted by atomic mass is 10.1. The second-order valence-electron chi connectivity index (χ2n) is 6.25. The Labute approximate surface area is 176 Å². The van der Waals surface area contributed by atoms with Crippen molar-refractivity contribution in [2.45, 2.75) is 31.6 Å². The van der Waals surface area contributed by atoms with E-state index < -0.39 is 0 Å². The SMILES string of the molecule is CC(=O)c1cc(C#N)c(SCc2nnc(C(=O)Nc3ccc(C)cc3)s2)nc1C. The van der Waals surface area contributed by atoms with Crippen LogP contribution in [0.3, 0.4) is 0 Å². The zero-order valence-electron chi connectivity index (χ0n) is 16.0. The van der Waals surface area contributed by atoms with Crippen LogP contribution in [0.4, 0.5) is 5.69 Å². The number of rotatable bonds is 6. The molecule has 7 nitrogen and oxygen atoms in total. The topological polar surface area (TPSA) is 109 Å². The quantitative estimate of drug-likeness (QED) is 0.468. The highest BCUT2D eigenvalue weighted by Crippen LogP contribution is 2.27. The highest BCUT2D eigenvalue weighted by molar-refractivity contribution is 7.98. The second kappa shape index (κ2) is 8.94. The number of Topliss-reactive ketones (excluding diaryl/α,β-unsaturated/α-hetero) is 1. The van der Waals surface area contributed by atoms with Crippen molar-refractivity contribution in [1.82, 2.24) is 15.2 Å². The summed E-state index contributed by atoms with van der Waals surface area (Å²) in [6, 6.07) is 11.1. The molecule has 3 aromatic rings. The van der Waals surface area contributed by atoms with Crippen LogP contribution in [0.15, 0.2) is 35.4 Å². The molecule has 2 heterocycles. The molecule has 0 spiro atoms. The Hall–Kier alpha value is -3.09. The van der Waals surface area contributed by atoms with Crippen LogP contribution in [-0.2, 0) is 5.75 Å².